The minimum absolute atomic E-state index is 0. The second-order valence-corrected chi connectivity index (χ2v) is 11.6. The molecule has 4 atom stereocenters. The maximum absolute atomic E-state index is 6.22. The van der Waals surface area contributed by atoms with Gasteiger partial charge in [0.2, 0.25) is 0 Å². The summed E-state index contributed by atoms with van der Waals surface area (Å²) in [5.74, 6) is 0.817. The first-order valence-corrected chi connectivity index (χ1v) is 14.4. The fraction of sp³-hybridized carbons (Fsp3) is 0.294. The van der Waals surface area contributed by atoms with Crippen molar-refractivity contribution in [3.63, 3.8) is 0 Å². The summed E-state index contributed by atoms with van der Waals surface area (Å²) in [6, 6.07) is 29.6. The summed E-state index contributed by atoms with van der Waals surface area (Å²) >= 11 is 18.2. The van der Waals surface area contributed by atoms with Crippen molar-refractivity contribution < 1.29 is 0 Å². The predicted octanol–water partition coefficient (Wildman–Crippen LogP) is 10.1. The Morgan fingerprint density at radius 2 is 0.974 bits per heavy atom. The zero-order chi connectivity index (χ0) is 26.8. The number of nitrogens with two attached hydrogens (primary N) is 2. The molecule has 0 aliphatic heterocycles. The number of aryl methyl sites for hydroxylation is 1. The minimum atomic E-state index is 0. The highest BCUT2D eigenvalue weighted by atomic mass is 35.5. The molecule has 2 nitrogen and oxygen atoms in total. The molecule has 0 radical (unpaired) electrons. The van der Waals surface area contributed by atoms with Gasteiger partial charge in [0.05, 0.1) is 10.0 Å². The minimum Gasteiger partial charge on any atom is -0.324 e. The predicted molar refractivity (Wildman–Crippen MR) is 168 cm³/mol. The molecular weight excluding hydrogens is 543 g/mol. The molecule has 4 aromatic carbocycles. The van der Waals surface area contributed by atoms with Crippen LogP contribution in [0.15, 0.2) is 84.9 Å². The van der Waals surface area contributed by atoms with Crippen LogP contribution < -0.4 is 11.5 Å². The van der Waals surface area contributed by atoms with Gasteiger partial charge in [0.15, 0.2) is 0 Å². The van der Waals surface area contributed by atoms with Gasteiger partial charge in [-0.15, -0.1) is 0 Å². The van der Waals surface area contributed by atoms with E-state index in [-0.39, 0.29) is 19.5 Å². The number of hydrogen-bond acceptors (Lipinski definition) is 2. The Balaban J connectivity index is 0.000000176. The number of benzene rings is 4. The summed E-state index contributed by atoms with van der Waals surface area (Å²) < 4.78 is 0. The molecule has 0 amide bonds. The molecule has 0 bridgehead atoms. The molecule has 204 valence electrons. The molecule has 6 rings (SSSR count). The number of hydrogen-bond donors (Lipinski definition) is 2. The molecule has 39 heavy (non-hydrogen) atoms. The van der Waals surface area contributed by atoms with E-state index in [1.165, 1.54) is 33.4 Å². The van der Waals surface area contributed by atoms with Crippen LogP contribution in [0, 0.1) is 6.92 Å². The van der Waals surface area contributed by atoms with Crippen molar-refractivity contribution >= 4 is 34.8 Å². The van der Waals surface area contributed by atoms with Gasteiger partial charge >= 0.3 is 0 Å². The summed E-state index contributed by atoms with van der Waals surface area (Å²) in [5, 5.41) is 2.06. The zero-order valence-corrected chi connectivity index (χ0v) is 23.8. The molecule has 0 aromatic heterocycles. The van der Waals surface area contributed by atoms with E-state index >= 15 is 0 Å². The van der Waals surface area contributed by atoms with Crippen molar-refractivity contribution in [1.29, 1.82) is 0 Å². The Labute approximate surface area is 248 Å². The van der Waals surface area contributed by atoms with Crippen molar-refractivity contribution in [3.8, 4) is 0 Å². The van der Waals surface area contributed by atoms with E-state index in [1.54, 1.807) is 0 Å². The Bertz CT molecular complexity index is 1320. The van der Waals surface area contributed by atoms with Crippen LogP contribution in [-0.2, 0) is 0 Å². The van der Waals surface area contributed by atoms with Crippen molar-refractivity contribution in [2.45, 2.75) is 64.0 Å². The van der Waals surface area contributed by atoms with Gasteiger partial charge in [0, 0.05) is 28.9 Å². The third-order valence-electron chi connectivity index (χ3n) is 8.00. The largest absolute Gasteiger partial charge is 0.324 e. The third-order valence-corrected chi connectivity index (χ3v) is 9.17. The molecule has 2 aliphatic carbocycles. The molecule has 4 N–H and O–H groups in total. The Morgan fingerprint density at radius 1 is 0.538 bits per heavy atom. The van der Waals surface area contributed by atoms with E-state index in [2.05, 4.69) is 73.7 Å². The van der Waals surface area contributed by atoms with Gasteiger partial charge in [-0.1, -0.05) is 109 Å². The Kier molecular flexibility index (Phi) is 9.80. The van der Waals surface area contributed by atoms with Crippen LogP contribution in [0.25, 0.3) is 0 Å². The molecule has 4 aromatic rings. The van der Waals surface area contributed by atoms with Gasteiger partial charge in [0.1, 0.15) is 0 Å². The average molecular weight is 580 g/mol. The molecule has 0 saturated heterocycles. The summed E-state index contributed by atoms with van der Waals surface area (Å²) in [6.07, 6.45) is 4.21. The lowest BCUT2D eigenvalue weighted by molar-refractivity contribution is 0.530. The second-order valence-electron chi connectivity index (χ2n) is 10.4. The first-order valence-electron chi connectivity index (χ1n) is 13.2. The van der Waals surface area contributed by atoms with E-state index in [4.69, 9.17) is 46.3 Å². The van der Waals surface area contributed by atoms with E-state index < -0.39 is 0 Å². The highest BCUT2D eigenvalue weighted by Crippen LogP contribution is 2.42. The monoisotopic (exact) mass is 578 g/mol. The van der Waals surface area contributed by atoms with Crippen LogP contribution in [0.2, 0.25) is 15.1 Å². The van der Waals surface area contributed by atoms with Crippen LogP contribution in [0.1, 0.15) is 96.0 Å². The second kappa shape index (κ2) is 12.9. The Hall–Kier alpha value is -2.33. The Morgan fingerprint density at radius 3 is 1.44 bits per heavy atom. The number of fused-ring (bicyclic) bond motifs is 2. The van der Waals surface area contributed by atoms with Gasteiger partial charge in [0.25, 0.3) is 0 Å². The molecule has 2 aliphatic rings. The van der Waals surface area contributed by atoms with Crippen LogP contribution in [0.4, 0.5) is 0 Å². The first-order chi connectivity index (χ1) is 18.3. The molecule has 0 heterocycles. The van der Waals surface area contributed by atoms with Crippen LogP contribution >= 0.6 is 34.8 Å². The van der Waals surface area contributed by atoms with Gasteiger partial charge in [-0.2, -0.15) is 0 Å². The highest BCUT2D eigenvalue weighted by Gasteiger charge is 2.27. The normalized spacial score (nSPS) is 21.5. The maximum atomic E-state index is 6.22. The fourth-order valence-corrected chi connectivity index (χ4v) is 6.38. The topological polar surface area (TPSA) is 52.0 Å². The van der Waals surface area contributed by atoms with Crippen molar-refractivity contribution in [1.82, 2.24) is 0 Å². The zero-order valence-electron chi connectivity index (χ0n) is 21.5. The van der Waals surface area contributed by atoms with Gasteiger partial charge in [-0.05, 0) is 89.8 Å². The maximum Gasteiger partial charge on any atom is 0.0595 e. The quantitative estimate of drug-likeness (QED) is 0.248. The molecule has 0 saturated carbocycles. The van der Waals surface area contributed by atoms with E-state index in [9.17, 15) is 0 Å². The van der Waals surface area contributed by atoms with Crippen molar-refractivity contribution in [3.05, 3.63) is 139 Å². The molecule has 0 spiro atoms. The SMILES string of the molecule is C.Cc1cc(C2CC[C@H](N)c3ccccc32)ccc1Cl.N[C@@H]1CC[C@@H](c2ccc(Cl)c(Cl)c2)c2ccccc21. The molecule has 1 unspecified atom stereocenters. The van der Waals surface area contributed by atoms with Gasteiger partial charge in [-0.25, -0.2) is 0 Å². The molecule has 0 fully saturated rings. The fourth-order valence-electron chi connectivity index (χ4n) is 5.95. The van der Waals surface area contributed by atoms with Crippen LogP contribution in [-0.4, -0.2) is 0 Å². The summed E-state index contributed by atoms with van der Waals surface area (Å²) in [6.45, 7) is 2.06. The number of halogens is 3. The van der Waals surface area contributed by atoms with Gasteiger partial charge in [-0.3, -0.25) is 0 Å². The van der Waals surface area contributed by atoms with Crippen LogP contribution in [0.3, 0.4) is 0 Å². The van der Waals surface area contributed by atoms with E-state index in [0.29, 0.717) is 21.9 Å². The van der Waals surface area contributed by atoms with E-state index in [1.807, 2.05) is 18.2 Å². The van der Waals surface area contributed by atoms with E-state index in [0.717, 1.165) is 36.3 Å². The third kappa shape index (κ3) is 6.37. The molecule has 5 heteroatoms. The lowest BCUT2D eigenvalue weighted by atomic mass is 9.77. The van der Waals surface area contributed by atoms with Crippen LogP contribution in [0.5, 0.6) is 0 Å². The first kappa shape index (κ1) is 29.6. The summed E-state index contributed by atoms with van der Waals surface area (Å²) in [5.41, 5.74) is 21.4. The lowest BCUT2D eigenvalue weighted by Crippen LogP contribution is -2.21. The summed E-state index contributed by atoms with van der Waals surface area (Å²) in [4.78, 5) is 0. The van der Waals surface area contributed by atoms with Gasteiger partial charge < -0.3 is 11.5 Å². The number of rotatable bonds is 2. The summed E-state index contributed by atoms with van der Waals surface area (Å²) in [7, 11) is 0. The molecular formula is C34H37Cl3N2. The lowest BCUT2D eigenvalue weighted by Gasteiger charge is -2.30. The average Bonchev–Trinajstić information content (AvgIpc) is 2.93. The standard InChI is InChI=1S/C17H18ClN.C16H15Cl2N.CH4/c1-11-10-12(6-8-16(11)18)13-7-9-17(19)15-5-3-2-4-14(13)15;17-14-7-5-10(9-15(14)18)11-6-8-16(19)13-4-2-1-3-12(11)13;/h2-6,8,10,13,17H,7,9,19H2,1H3;1-5,7,9,11,16H,6,8,19H2;1H4/t13?,17-;11-,16+;/m00./s1. The highest BCUT2D eigenvalue weighted by molar-refractivity contribution is 6.42. The van der Waals surface area contributed by atoms with Crippen molar-refractivity contribution in [2.24, 2.45) is 11.5 Å². The van der Waals surface area contributed by atoms with Crippen molar-refractivity contribution in [2.75, 3.05) is 0 Å². The smallest absolute Gasteiger partial charge is 0.0595 e.